The summed E-state index contributed by atoms with van der Waals surface area (Å²) in [5, 5.41) is 2.55. The lowest BCUT2D eigenvalue weighted by Gasteiger charge is -2.21. The van der Waals surface area contributed by atoms with E-state index in [1.807, 2.05) is 37.2 Å². The summed E-state index contributed by atoms with van der Waals surface area (Å²) in [6.07, 6.45) is 10.4. The van der Waals surface area contributed by atoms with Gasteiger partial charge in [0.15, 0.2) is 0 Å². The van der Waals surface area contributed by atoms with Crippen LogP contribution in [0.4, 0.5) is 5.69 Å². The van der Waals surface area contributed by atoms with E-state index < -0.39 is 0 Å². The van der Waals surface area contributed by atoms with Gasteiger partial charge in [0.05, 0.1) is 18.6 Å². The van der Waals surface area contributed by atoms with Gasteiger partial charge in [-0.1, -0.05) is 36.4 Å². The first-order chi connectivity index (χ1) is 13.9. The van der Waals surface area contributed by atoms with Crippen molar-refractivity contribution >= 4 is 22.3 Å². The fraction of sp³-hybridized carbons (Fsp3) is 0.174. The number of rotatable bonds is 6. The van der Waals surface area contributed by atoms with Gasteiger partial charge in [0, 0.05) is 48.8 Å². The first-order valence-electron chi connectivity index (χ1n) is 9.59. The number of hydrogen-bond acceptors (Lipinski definition) is 3. The second kappa shape index (κ2) is 7.27. The fourth-order valence-corrected chi connectivity index (χ4v) is 3.85. The van der Waals surface area contributed by atoms with E-state index in [2.05, 4.69) is 61.9 Å². The van der Waals surface area contributed by atoms with E-state index in [4.69, 9.17) is 4.99 Å². The Hall–Kier alpha value is -3.47. The molecular formula is C23H21N5. The van der Waals surface area contributed by atoms with Crippen molar-refractivity contribution in [2.75, 3.05) is 11.4 Å². The Morgan fingerprint density at radius 3 is 2.68 bits per heavy atom. The monoisotopic (exact) mass is 367 g/mol. The van der Waals surface area contributed by atoms with E-state index in [-0.39, 0.29) is 0 Å². The van der Waals surface area contributed by atoms with E-state index in [1.165, 1.54) is 27.6 Å². The SMILES string of the molecule is c1cncc(CN2/C(=N/CCCn3ccnc3)c3cccc4cccc2c34)c1. The smallest absolute Gasteiger partial charge is 0.136 e. The maximum absolute atomic E-state index is 5.03. The molecule has 0 radical (unpaired) electrons. The Balaban J connectivity index is 1.47. The highest BCUT2D eigenvalue weighted by atomic mass is 15.2. The number of aromatic nitrogens is 3. The molecule has 5 rings (SSSR count). The Bertz CT molecular complexity index is 1110. The van der Waals surface area contributed by atoms with E-state index in [0.717, 1.165) is 31.9 Å². The molecule has 4 aromatic rings. The molecular weight excluding hydrogens is 346 g/mol. The maximum Gasteiger partial charge on any atom is 0.136 e. The summed E-state index contributed by atoms with van der Waals surface area (Å²) in [5.74, 6) is 1.06. The molecule has 5 nitrogen and oxygen atoms in total. The summed E-state index contributed by atoms with van der Waals surface area (Å²) in [6.45, 7) is 2.47. The minimum absolute atomic E-state index is 0.766. The second-order valence-electron chi connectivity index (χ2n) is 6.99. The summed E-state index contributed by atoms with van der Waals surface area (Å²) in [7, 11) is 0. The minimum atomic E-state index is 0.766. The number of amidine groups is 1. The number of pyridine rings is 1. The average molecular weight is 367 g/mol. The van der Waals surface area contributed by atoms with Crippen molar-refractivity contribution in [1.82, 2.24) is 14.5 Å². The van der Waals surface area contributed by atoms with Crippen molar-refractivity contribution in [3.8, 4) is 0 Å². The molecule has 28 heavy (non-hydrogen) atoms. The number of benzene rings is 2. The predicted octanol–water partition coefficient (Wildman–Crippen LogP) is 4.29. The molecule has 2 aromatic carbocycles. The number of nitrogens with zero attached hydrogens (tertiary/aromatic N) is 5. The summed E-state index contributed by atoms with van der Waals surface area (Å²) in [6, 6.07) is 17.1. The van der Waals surface area contributed by atoms with Gasteiger partial charge >= 0.3 is 0 Å². The van der Waals surface area contributed by atoms with Gasteiger partial charge in [-0.25, -0.2) is 4.98 Å². The van der Waals surface area contributed by atoms with Crippen LogP contribution in [0.15, 0.2) is 84.6 Å². The lowest BCUT2D eigenvalue weighted by Crippen LogP contribution is -2.27. The lowest BCUT2D eigenvalue weighted by molar-refractivity contribution is 0.650. The Morgan fingerprint density at radius 2 is 1.86 bits per heavy atom. The van der Waals surface area contributed by atoms with Crippen molar-refractivity contribution in [2.24, 2.45) is 4.99 Å². The standard InChI is InChI=1S/C23H21N5/c1-6-19-7-2-9-21-22(19)20(8-1)23(26-11-4-13-27-14-12-25-17-27)28(21)16-18-5-3-10-24-15-18/h1-3,5-10,12,14-15,17H,4,11,13,16H2/b26-23+. The van der Waals surface area contributed by atoms with Crippen LogP contribution in [0.5, 0.6) is 0 Å². The molecule has 0 amide bonds. The van der Waals surface area contributed by atoms with Crippen molar-refractivity contribution < 1.29 is 0 Å². The molecule has 0 N–H and O–H groups in total. The van der Waals surface area contributed by atoms with Crippen LogP contribution in [-0.4, -0.2) is 26.9 Å². The molecule has 5 heteroatoms. The van der Waals surface area contributed by atoms with Crippen molar-refractivity contribution in [3.05, 3.63) is 90.8 Å². The van der Waals surface area contributed by atoms with Gasteiger partial charge in [-0.05, 0) is 29.5 Å². The van der Waals surface area contributed by atoms with Crippen LogP contribution in [-0.2, 0) is 13.1 Å². The highest BCUT2D eigenvalue weighted by Crippen LogP contribution is 2.38. The van der Waals surface area contributed by atoms with Crippen LogP contribution >= 0.6 is 0 Å². The van der Waals surface area contributed by atoms with Gasteiger partial charge in [0.25, 0.3) is 0 Å². The van der Waals surface area contributed by atoms with Crippen molar-refractivity contribution in [3.63, 3.8) is 0 Å². The molecule has 3 heterocycles. The van der Waals surface area contributed by atoms with Gasteiger partial charge in [-0.15, -0.1) is 0 Å². The molecule has 0 aliphatic carbocycles. The molecule has 0 fully saturated rings. The molecule has 1 aliphatic heterocycles. The summed E-state index contributed by atoms with van der Waals surface area (Å²) >= 11 is 0. The van der Waals surface area contributed by atoms with Gasteiger partial charge in [-0.3, -0.25) is 9.98 Å². The lowest BCUT2D eigenvalue weighted by atomic mass is 10.1. The largest absolute Gasteiger partial charge is 0.337 e. The molecule has 138 valence electrons. The summed E-state index contributed by atoms with van der Waals surface area (Å²) in [5.41, 5.74) is 3.63. The molecule has 0 unspecified atom stereocenters. The number of anilines is 1. The molecule has 0 atom stereocenters. The highest BCUT2D eigenvalue weighted by molar-refractivity contribution is 6.27. The zero-order valence-electron chi connectivity index (χ0n) is 15.6. The third-order valence-electron chi connectivity index (χ3n) is 5.13. The molecule has 0 saturated carbocycles. The van der Waals surface area contributed by atoms with E-state index in [9.17, 15) is 0 Å². The molecule has 2 aromatic heterocycles. The number of hydrogen-bond donors (Lipinski definition) is 0. The van der Waals surface area contributed by atoms with Crippen molar-refractivity contribution in [2.45, 2.75) is 19.5 Å². The van der Waals surface area contributed by atoms with Crippen LogP contribution in [0.25, 0.3) is 10.8 Å². The number of imidazole rings is 1. The predicted molar refractivity (Wildman–Crippen MR) is 113 cm³/mol. The quantitative estimate of drug-likeness (QED) is 0.478. The van der Waals surface area contributed by atoms with Crippen molar-refractivity contribution in [1.29, 1.82) is 0 Å². The van der Waals surface area contributed by atoms with Crippen LogP contribution in [0, 0.1) is 0 Å². The third kappa shape index (κ3) is 3.05. The Morgan fingerprint density at radius 1 is 0.929 bits per heavy atom. The summed E-state index contributed by atoms with van der Waals surface area (Å²) in [4.78, 5) is 15.7. The third-order valence-corrected chi connectivity index (χ3v) is 5.13. The topological polar surface area (TPSA) is 46.3 Å². The van der Waals surface area contributed by atoms with Crippen LogP contribution < -0.4 is 4.90 Å². The Kier molecular flexibility index (Phi) is 4.33. The van der Waals surface area contributed by atoms with Crippen LogP contribution in [0.2, 0.25) is 0 Å². The molecule has 0 spiro atoms. The van der Waals surface area contributed by atoms with Gasteiger partial charge in [0.1, 0.15) is 5.84 Å². The van der Waals surface area contributed by atoms with E-state index in [0.29, 0.717) is 0 Å². The van der Waals surface area contributed by atoms with E-state index in [1.54, 1.807) is 0 Å². The van der Waals surface area contributed by atoms with Crippen LogP contribution in [0.1, 0.15) is 17.5 Å². The zero-order valence-corrected chi connectivity index (χ0v) is 15.6. The second-order valence-corrected chi connectivity index (χ2v) is 6.99. The van der Waals surface area contributed by atoms with Gasteiger partial charge < -0.3 is 9.47 Å². The molecule has 1 aliphatic rings. The van der Waals surface area contributed by atoms with Crippen LogP contribution in [0.3, 0.4) is 0 Å². The first-order valence-corrected chi connectivity index (χ1v) is 9.59. The molecule has 0 bridgehead atoms. The van der Waals surface area contributed by atoms with Gasteiger partial charge in [0.2, 0.25) is 0 Å². The highest BCUT2D eigenvalue weighted by Gasteiger charge is 2.27. The molecule has 0 saturated heterocycles. The first kappa shape index (κ1) is 16.7. The van der Waals surface area contributed by atoms with Gasteiger partial charge in [-0.2, -0.15) is 0 Å². The fourth-order valence-electron chi connectivity index (χ4n) is 3.85. The summed E-state index contributed by atoms with van der Waals surface area (Å²) < 4.78 is 2.09. The number of aliphatic imine (C=N–C) groups is 1. The van der Waals surface area contributed by atoms with E-state index >= 15 is 0 Å². The minimum Gasteiger partial charge on any atom is -0.337 e. The maximum atomic E-state index is 5.03. The Labute approximate surface area is 164 Å². The average Bonchev–Trinajstić information content (AvgIpc) is 3.35. The normalized spacial score (nSPS) is 14.3. The zero-order chi connectivity index (χ0) is 18.8. The number of aryl methyl sites for hydroxylation is 1.